The molecule has 3 rings (SSSR count). The van der Waals surface area contributed by atoms with Gasteiger partial charge in [0.05, 0.1) is 34.7 Å². The topological polar surface area (TPSA) is 142 Å². The van der Waals surface area contributed by atoms with Crippen molar-refractivity contribution in [2.45, 2.75) is 23.5 Å². The van der Waals surface area contributed by atoms with Gasteiger partial charge < -0.3 is 25.6 Å². The van der Waals surface area contributed by atoms with E-state index in [1.807, 2.05) is 6.92 Å². The molecule has 0 radical (unpaired) electrons. The molecular formula is C26H23ClN2O7S. The number of ether oxygens (including phenoxy) is 1. The minimum absolute atomic E-state index is 0.183. The summed E-state index contributed by atoms with van der Waals surface area (Å²) in [5, 5.41) is 24.0. The molecule has 0 spiro atoms. The number of carbonyl (C=O) groups excluding carboxylic acids is 2. The van der Waals surface area contributed by atoms with E-state index in [1.54, 1.807) is 42.5 Å². The molecule has 1 unspecified atom stereocenters. The predicted octanol–water partition coefficient (Wildman–Crippen LogP) is 5.51. The fraction of sp³-hybridized carbons (Fsp3) is 0.154. The number of anilines is 2. The Morgan fingerprint density at radius 3 is 2.35 bits per heavy atom. The third-order valence-corrected chi connectivity index (χ3v) is 6.79. The van der Waals surface area contributed by atoms with Gasteiger partial charge in [0, 0.05) is 15.6 Å². The van der Waals surface area contributed by atoms with Crippen LogP contribution in [0.25, 0.3) is 0 Å². The van der Waals surface area contributed by atoms with Crippen molar-refractivity contribution in [2.24, 2.45) is 0 Å². The number of carboxylic acids is 2. The molecule has 3 aromatic carbocycles. The van der Waals surface area contributed by atoms with Crippen LogP contribution < -0.4 is 15.4 Å². The van der Waals surface area contributed by atoms with Crippen molar-refractivity contribution >= 4 is 58.5 Å². The van der Waals surface area contributed by atoms with E-state index in [0.717, 1.165) is 18.2 Å². The van der Waals surface area contributed by atoms with Crippen LogP contribution in [0.5, 0.6) is 5.75 Å². The van der Waals surface area contributed by atoms with Crippen LogP contribution in [0.3, 0.4) is 0 Å². The van der Waals surface area contributed by atoms with Crippen molar-refractivity contribution in [3.05, 3.63) is 82.4 Å². The van der Waals surface area contributed by atoms with Crippen molar-refractivity contribution in [1.29, 1.82) is 0 Å². The molecule has 0 aliphatic heterocycles. The van der Waals surface area contributed by atoms with Crippen LogP contribution in [0.1, 0.15) is 44.4 Å². The molecule has 0 heterocycles. The summed E-state index contributed by atoms with van der Waals surface area (Å²) in [6, 6.07) is 14.9. The van der Waals surface area contributed by atoms with Gasteiger partial charge in [-0.2, -0.15) is 0 Å². The summed E-state index contributed by atoms with van der Waals surface area (Å²) in [6.07, 6.45) is 0.508. The van der Waals surface area contributed by atoms with Gasteiger partial charge >= 0.3 is 11.9 Å². The summed E-state index contributed by atoms with van der Waals surface area (Å²) in [7, 11) is 1.49. The number of carbonyl (C=O) groups is 4. The number of methoxy groups -OCH3 is 1. The third kappa shape index (κ3) is 7.02. The quantitative estimate of drug-likeness (QED) is 0.246. The molecule has 37 heavy (non-hydrogen) atoms. The lowest BCUT2D eigenvalue weighted by Gasteiger charge is -2.17. The van der Waals surface area contributed by atoms with Crippen molar-refractivity contribution in [3.8, 4) is 5.75 Å². The Balaban J connectivity index is 1.75. The summed E-state index contributed by atoms with van der Waals surface area (Å²) < 4.78 is 5.28. The first-order valence-corrected chi connectivity index (χ1v) is 12.2. The van der Waals surface area contributed by atoms with Crippen LogP contribution in [-0.2, 0) is 4.79 Å². The van der Waals surface area contributed by atoms with E-state index in [9.17, 15) is 24.3 Å². The van der Waals surface area contributed by atoms with Gasteiger partial charge in [0.25, 0.3) is 5.91 Å². The zero-order chi connectivity index (χ0) is 27.1. The minimum atomic E-state index is -1.43. The molecule has 0 aliphatic rings. The molecule has 0 aromatic heterocycles. The Morgan fingerprint density at radius 2 is 1.70 bits per heavy atom. The monoisotopic (exact) mass is 542 g/mol. The van der Waals surface area contributed by atoms with Gasteiger partial charge in [0.1, 0.15) is 5.75 Å². The van der Waals surface area contributed by atoms with E-state index in [1.165, 1.54) is 18.9 Å². The number of hydrogen-bond donors (Lipinski definition) is 4. The maximum atomic E-state index is 13.0. The SMILES string of the molecule is CCC(Sc1cccc(NC(=O)c2ccc(C(=O)O)cc2C(=O)O)c1)C(=O)Nc1cc(Cl)ccc1OC. The van der Waals surface area contributed by atoms with Crippen LogP contribution in [0, 0.1) is 0 Å². The molecule has 9 nitrogen and oxygen atoms in total. The zero-order valence-electron chi connectivity index (χ0n) is 19.8. The van der Waals surface area contributed by atoms with Crippen LogP contribution in [0.4, 0.5) is 11.4 Å². The first-order chi connectivity index (χ1) is 17.6. The standard InChI is InChI=1S/C26H23ClN2O7S/c1-3-22(24(31)29-20-12-15(27)8-10-21(20)36-2)37-17-6-4-5-16(13-17)28-23(30)18-9-7-14(25(32)33)11-19(18)26(34)35/h4-13,22H,3H2,1-2H3,(H,28,30)(H,29,31)(H,32,33)(H,34,35). The van der Waals surface area contributed by atoms with Gasteiger partial charge in [-0.15, -0.1) is 11.8 Å². The summed E-state index contributed by atoms with van der Waals surface area (Å²) in [5.41, 5.74) is -0.0332. The Hall–Kier alpha value is -4.02. The second-order valence-corrected chi connectivity index (χ2v) is 9.41. The fourth-order valence-corrected chi connectivity index (χ4v) is 4.56. The Kier molecular flexibility index (Phi) is 9.15. The zero-order valence-corrected chi connectivity index (χ0v) is 21.4. The van der Waals surface area contributed by atoms with E-state index < -0.39 is 28.7 Å². The van der Waals surface area contributed by atoms with Crippen molar-refractivity contribution in [2.75, 3.05) is 17.7 Å². The number of hydrogen-bond acceptors (Lipinski definition) is 6. The molecule has 11 heteroatoms. The molecule has 0 bridgehead atoms. The smallest absolute Gasteiger partial charge is 0.336 e. The van der Waals surface area contributed by atoms with Gasteiger partial charge in [0.15, 0.2) is 0 Å². The Labute approximate surface area is 221 Å². The molecule has 4 N–H and O–H groups in total. The largest absolute Gasteiger partial charge is 0.495 e. The maximum absolute atomic E-state index is 13.0. The fourth-order valence-electron chi connectivity index (χ4n) is 3.38. The number of thioether (sulfide) groups is 1. The lowest BCUT2D eigenvalue weighted by molar-refractivity contribution is -0.115. The highest BCUT2D eigenvalue weighted by Gasteiger charge is 2.21. The van der Waals surface area contributed by atoms with E-state index in [0.29, 0.717) is 33.5 Å². The number of halogens is 1. The average Bonchev–Trinajstić information content (AvgIpc) is 2.87. The first-order valence-electron chi connectivity index (χ1n) is 11.0. The molecule has 2 amide bonds. The predicted molar refractivity (Wildman–Crippen MR) is 141 cm³/mol. The number of amides is 2. The molecule has 192 valence electrons. The van der Waals surface area contributed by atoms with Crippen LogP contribution in [0.15, 0.2) is 65.6 Å². The summed E-state index contributed by atoms with van der Waals surface area (Å²) in [5.74, 6) is -3.23. The molecular weight excluding hydrogens is 520 g/mol. The molecule has 3 aromatic rings. The highest BCUT2D eigenvalue weighted by Crippen LogP contribution is 2.32. The van der Waals surface area contributed by atoms with Crippen molar-refractivity contribution < 1.29 is 34.1 Å². The van der Waals surface area contributed by atoms with Gasteiger partial charge in [-0.3, -0.25) is 9.59 Å². The molecule has 0 fully saturated rings. The first kappa shape index (κ1) is 27.6. The summed E-state index contributed by atoms with van der Waals surface area (Å²) in [6.45, 7) is 1.87. The van der Waals surface area contributed by atoms with Gasteiger partial charge in [-0.25, -0.2) is 9.59 Å². The molecule has 0 saturated heterocycles. The second kappa shape index (κ2) is 12.3. The van der Waals surface area contributed by atoms with Crippen LogP contribution >= 0.6 is 23.4 Å². The number of aromatic carboxylic acids is 2. The average molecular weight is 543 g/mol. The number of nitrogens with one attached hydrogen (secondary N) is 2. The minimum Gasteiger partial charge on any atom is -0.495 e. The third-order valence-electron chi connectivity index (χ3n) is 5.19. The van der Waals surface area contributed by atoms with E-state index in [2.05, 4.69) is 10.6 Å². The highest BCUT2D eigenvalue weighted by molar-refractivity contribution is 8.00. The summed E-state index contributed by atoms with van der Waals surface area (Å²) in [4.78, 5) is 49.2. The van der Waals surface area contributed by atoms with Gasteiger partial charge in [-0.05, 0) is 61.0 Å². The molecule has 0 saturated carbocycles. The maximum Gasteiger partial charge on any atom is 0.336 e. The molecule has 0 aliphatic carbocycles. The van der Waals surface area contributed by atoms with Crippen LogP contribution in [-0.4, -0.2) is 46.3 Å². The van der Waals surface area contributed by atoms with Gasteiger partial charge in [-0.1, -0.05) is 24.6 Å². The van der Waals surface area contributed by atoms with Crippen LogP contribution in [0.2, 0.25) is 5.02 Å². The van der Waals surface area contributed by atoms with E-state index in [4.69, 9.17) is 21.4 Å². The number of benzene rings is 3. The van der Waals surface area contributed by atoms with Crippen molar-refractivity contribution in [1.82, 2.24) is 0 Å². The van der Waals surface area contributed by atoms with Crippen molar-refractivity contribution in [3.63, 3.8) is 0 Å². The lowest BCUT2D eigenvalue weighted by atomic mass is 10.0. The number of carboxylic acid groups (broad SMARTS) is 2. The van der Waals surface area contributed by atoms with Gasteiger partial charge in [0.2, 0.25) is 5.91 Å². The van der Waals surface area contributed by atoms with E-state index >= 15 is 0 Å². The Bertz CT molecular complexity index is 1360. The normalized spacial score (nSPS) is 11.3. The molecule has 1 atom stereocenters. The number of rotatable bonds is 10. The summed E-state index contributed by atoms with van der Waals surface area (Å²) >= 11 is 7.33. The highest BCUT2D eigenvalue weighted by atomic mass is 35.5. The van der Waals surface area contributed by atoms with E-state index in [-0.39, 0.29) is 17.0 Å². The Morgan fingerprint density at radius 1 is 0.946 bits per heavy atom. The second-order valence-electron chi connectivity index (χ2n) is 7.70. The lowest BCUT2D eigenvalue weighted by Crippen LogP contribution is -2.24.